The zero-order valence-electron chi connectivity index (χ0n) is 11.9. The maximum Gasteiger partial charge on any atom is 0.267 e. The predicted octanol–water partition coefficient (Wildman–Crippen LogP) is 0.685. The molecule has 0 unspecified atom stereocenters. The number of piperidine rings is 1. The van der Waals surface area contributed by atoms with E-state index in [0.717, 1.165) is 38.0 Å². The SMILES string of the molecule is CC(=O)N1CCC[C@@H](Cc2cc(C(N)=O)nc(C)n2)C1. The summed E-state index contributed by atoms with van der Waals surface area (Å²) in [4.78, 5) is 32.9. The standard InChI is InChI=1S/C14H20N4O2/c1-9-16-12(7-13(17-9)14(15)20)6-11-4-3-5-18(8-11)10(2)19/h7,11H,3-6,8H2,1-2H3,(H2,15,20)/t11-/m0/s1. The molecule has 0 saturated carbocycles. The molecule has 6 heteroatoms. The summed E-state index contributed by atoms with van der Waals surface area (Å²) < 4.78 is 0. The number of nitrogens with zero attached hydrogens (tertiary/aromatic N) is 3. The predicted molar refractivity (Wildman–Crippen MR) is 74.0 cm³/mol. The van der Waals surface area contributed by atoms with Crippen molar-refractivity contribution >= 4 is 11.8 Å². The monoisotopic (exact) mass is 276 g/mol. The van der Waals surface area contributed by atoms with E-state index in [2.05, 4.69) is 9.97 Å². The van der Waals surface area contributed by atoms with E-state index in [4.69, 9.17) is 5.73 Å². The quantitative estimate of drug-likeness (QED) is 0.879. The fourth-order valence-corrected chi connectivity index (χ4v) is 2.67. The Kier molecular flexibility index (Phi) is 4.32. The number of likely N-dealkylation sites (tertiary alicyclic amines) is 1. The Hall–Kier alpha value is -1.98. The molecule has 2 rings (SSSR count). The number of carbonyl (C=O) groups is 2. The molecule has 108 valence electrons. The summed E-state index contributed by atoms with van der Waals surface area (Å²) in [7, 11) is 0. The number of carbonyl (C=O) groups excluding carboxylic acids is 2. The van der Waals surface area contributed by atoms with Crippen LogP contribution in [0.4, 0.5) is 0 Å². The summed E-state index contributed by atoms with van der Waals surface area (Å²) in [6, 6.07) is 1.65. The van der Waals surface area contributed by atoms with Crippen LogP contribution < -0.4 is 5.73 Å². The van der Waals surface area contributed by atoms with Gasteiger partial charge in [-0.2, -0.15) is 0 Å². The molecule has 1 saturated heterocycles. The van der Waals surface area contributed by atoms with E-state index < -0.39 is 5.91 Å². The number of rotatable bonds is 3. The van der Waals surface area contributed by atoms with Gasteiger partial charge in [0.2, 0.25) is 5.91 Å². The highest BCUT2D eigenvalue weighted by molar-refractivity contribution is 5.90. The second kappa shape index (κ2) is 5.98. The van der Waals surface area contributed by atoms with E-state index in [-0.39, 0.29) is 11.6 Å². The third-order valence-corrected chi connectivity index (χ3v) is 3.61. The summed E-state index contributed by atoms with van der Waals surface area (Å²) in [5, 5.41) is 0. The van der Waals surface area contributed by atoms with Crippen molar-refractivity contribution in [1.29, 1.82) is 0 Å². The van der Waals surface area contributed by atoms with Gasteiger partial charge in [0.1, 0.15) is 11.5 Å². The minimum absolute atomic E-state index is 0.117. The number of primary amides is 1. The molecule has 1 atom stereocenters. The fraction of sp³-hybridized carbons (Fsp3) is 0.571. The van der Waals surface area contributed by atoms with Crippen molar-refractivity contribution in [1.82, 2.24) is 14.9 Å². The third-order valence-electron chi connectivity index (χ3n) is 3.61. The van der Waals surface area contributed by atoms with Crippen LogP contribution in [0.1, 0.15) is 41.8 Å². The molecular weight excluding hydrogens is 256 g/mol. The van der Waals surface area contributed by atoms with Gasteiger partial charge in [-0.25, -0.2) is 9.97 Å². The molecule has 1 aromatic rings. The zero-order valence-corrected chi connectivity index (χ0v) is 11.9. The van der Waals surface area contributed by atoms with Gasteiger partial charge in [0.25, 0.3) is 5.91 Å². The van der Waals surface area contributed by atoms with Crippen LogP contribution in [0.2, 0.25) is 0 Å². The van der Waals surface area contributed by atoms with Crippen LogP contribution in [0.5, 0.6) is 0 Å². The Balaban J connectivity index is 2.09. The first kappa shape index (κ1) is 14.4. The molecule has 0 bridgehead atoms. The van der Waals surface area contributed by atoms with Crippen molar-refractivity contribution < 1.29 is 9.59 Å². The molecule has 6 nitrogen and oxygen atoms in total. The largest absolute Gasteiger partial charge is 0.364 e. The van der Waals surface area contributed by atoms with E-state index in [0.29, 0.717) is 11.7 Å². The Bertz CT molecular complexity index is 530. The average Bonchev–Trinajstić information content (AvgIpc) is 2.38. The number of hydrogen-bond acceptors (Lipinski definition) is 4. The Morgan fingerprint density at radius 2 is 2.20 bits per heavy atom. The zero-order chi connectivity index (χ0) is 14.7. The molecule has 1 fully saturated rings. The maximum atomic E-state index is 11.4. The molecule has 1 aromatic heterocycles. The molecule has 20 heavy (non-hydrogen) atoms. The molecule has 0 aromatic carbocycles. The molecule has 2 heterocycles. The highest BCUT2D eigenvalue weighted by Crippen LogP contribution is 2.20. The summed E-state index contributed by atoms with van der Waals surface area (Å²) in [5.74, 6) is 0.510. The third kappa shape index (κ3) is 3.53. The fourth-order valence-electron chi connectivity index (χ4n) is 2.67. The van der Waals surface area contributed by atoms with Crippen LogP contribution in [0.25, 0.3) is 0 Å². The number of aryl methyl sites for hydroxylation is 1. The Morgan fingerprint density at radius 3 is 2.85 bits per heavy atom. The minimum atomic E-state index is -0.536. The first-order valence-corrected chi connectivity index (χ1v) is 6.85. The normalized spacial score (nSPS) is 18.9. The lowest BCUT2D eigenvalue weighted by Crippen LogP contribution is -2.39. The van der Waals surface area contributed by atoms with Gasteiger partial charge in [0.05, 0.1) is 0 Å². The number of amides is 2. The lowest BCUT2D eigenvalue weighted by atomic mass is 9.93. The number of aromatic nitrogens is 2. The van der Waals surface area contributed by atoms with Crippen molar-refractivity contribution in [2.75, 3.05) is 13.1 Å². The number of hydrogen-bond donors (Lipinski definition) is 1. The molecule has 2 N–H and O–H groups in total. The van der Waals surface area contributed by atoms with Gasteiger partial charge in [-0.05, 0) is 38.2 Å². The molecular formula is C14H20N4O2. The van der Waals surface area contributed by atoms with Crippen LogP contribution in [0.3, 0.4) is 0 Å². The summed E-state index contributed by atoms with van der Waals surface area (Å²) in [6.07, 6.45) is 2.82. The molecule has 0 radical (unpaired) electrons. The maximum absolute atomic E-state index is 11.4. The molecule has 2 amide bonds. The second-order valence-electron chi connectivity index (χ2n) is 5.33. The molecule has 0 aliphatic carbocycles. The lowest BCUT2D eigenvalue weighted by Gasteiger charge is -2.32. The highest BCUT2D eigenvalue weighted by Gasteiger charge is 2.22. The van der Waals surface area contributed by atoms with Gasteiger partial charge in [0.15, 0.2) is 0 Å². The minimum Gasteiger partial charge on any atom is -0.364 e. The summed E-state index contributed by atoms with van der Waals surface area (Å²) in [6.45, 7) is 4.94. The van der Waals surface area contributed by atoms with E-state index in [1.54, 1.807) is 19.9 Å². The second-order valence-corrected chi connectivity index (χ2v) is 5.33. The van der Waals surface area contributed by atoms with Crippen LogP contribution in [-0.4, -0.2) is 39.8 Å². The van der Waals surface area contributed by atoms with Crippen molar-refractivity contribution in [3.63, 3.8) is 0 Å². The van der Waals surface area contributed by atoms with Gasteiger partial charge in [-0.3, -0.25) is 9.59 Å². The molecule has 1 aliphatic rings. The first-order chi connectivity index (χ1) is 9.45. The van der Waals surface area contributed by atoms with Gasteiger partial charge in [0, 0.05) is 25.7 Å². The Morgan fingerprint density at radius 1 is 1.45 bits per heavy atom. The van der Waals surface area contributed by atoms with Crippen molar-refractivity contribution in [3.05, 3.63) is 23.3 Å². The van der Waals surface area contributed by atoms with Crippen LogP contribution in [-0.2, 0) is 11.2 Å². The van der Waals surface area contributed by atoms with E-state index in [1.807, 2.05) is 4.90 Å². The van der Waals surface area contributed by atoms with Crippen LogP contribution in [0.15, 0.2) is 6.07 Å². The van der Waals surface area contributed by atoms with Gasteiger partial charge < -0.3 is 10.6 Å². The summed E-state index contributed by atoms with van der Waals surface area (Å²) in [5.41, 5.74) is 6.34. The van der Waals surface area contributed by atoms with Gasteiger partial charge >= 0.3 is 0 Å². The lowest BCUT2D eigenvalue weighted by molar-refractivity contribution is -0.130. The van der Waals surface area contributed by atoms with Crippen LogP contribution >= 0.6 is 0 Å². The first-order valence-electron chi connectivity index (χ1n) is 6.85. The molecule has 1 aliphatic heterocycles. The van der Waals surface area contributed by atoms with E-state index in [9.17, 15) is 9.59 Å². The Labute approximate surface area is 118 Å². The van der Waals surface area contributed by atoms with Crippen molar-refractivity contribution in [2.45, 2.75) is 33.1 Å². The van der Waals surface area contributed by atoms with Gasteiger partial charge in [-0.15, -0.1) is 0 Å². The van der Waals surface area contributed by atoms with Crippen LogP contribution in [0, 0.1) is 12.8 Å². The topological polar surface area (TPSA) is 89.2 Å². The van der Waals surface area contributed by atoms with Crippen molar-refractivity contribution in [2.24, 2.45) is 11.7 Å². The smallest absolute Gasteiger partial charge is 0.267 e. The van der Waals surface area contributed by atoms with Gasteiger partial charge in [-0.1, -0.05) is 0 Å². The highest BCUT2D eigenvalue weighted by atomic mass is 16.2. The van der Waals surface area contributed by atoms with E-state index >= 15 is 0 Å². The van der Waals surface area contributed by atoms with E-state index in [1.165, 1.54) is 0 Å². The van der Waals surface area contributed by atoms with Crippen molar-refractivity contribution in [3.8, 4) is 0 Å². The number of nitrogens with two attached hydrogens (primary N) is 1. The molecule has 0 spiro atoms. The average molecular weight is 276 g/mol. The summed E-state index contributed by atoms with van der Waals surface area (Å²) >= 11 is 0.